The van der Waals surface area contributed by atoms with E-state index in [-0.39, 0.29) is 40.2 Å². The summed E-state index contributed by atoms with van der Waals surface area (Å²) >= 11 is 11.7. The monoisotopic (exact) mass is 342 g/mol. The zero-order chi connectivity index (χ0) is 15.9. The number of hydrogen-bond acceptors (Lipinski definition) is 2. The average molecular weight is 343 g/mol. The highest BCUT2D eigenvalue weighted by Crippen LogP contribution is 2.34. The smallest absolute Gasteiger partial charge is 0.270 e. The summed E-state index contributed by atoms with van der Waals surface area (Å²) in [7, 11) is 0. The summed E-state index contributed by atoms with van der Waals surface area (Å²) in [5.74, 6) is -0.711. The van der Waals surface area contributed by atoms with Gasteiger partial charge in [0, 0.05) is 6.54 Å². The maximum absolute atomic E-state index is 13.4. The average Bonchev–Trinajstić information content (AvgIpc) is 3.02. The zero-order valence-electron chi connectivity index (χ0n) is 11.4. The van der Waals surface area contributed by atoms with Gasteiger partial charge >= 0.3 is 0 Å². The Morgan fingerprint density at radius 1 is 1.36 bits per heavy atom. The van der Waals surface area contributed by atoms with E-state index in [9.17, 15) is 14.3 Å². The van der Waals surface area contributed by atoms with Gasteiger partial charge in [0.05, 0.1) is 17.2 Å². The molecule has 0 unspecified atom stereocenters. The minimum absolute atomic E-state index is 0.175. The second kappa shape index (κ2) is 5.91. The number of β-amino-alcohol motifs (C(OH)–C–C–N with tert-alkyl or cyclic N) is 1. The Morgan fingerprint density at radius 2 is 2.14 bits per heavy atom. The number of halogens is 3. The molecule has 3 rings (SSSR count). The van der Waals surface area contributed by atoms with Crippen LogP contribution in [0.25, 0.3) is 0 Å². The Morgan fingerprint density at radius 3 is 2.77 bits per heavy atom. The van der Waals surface area contributed by atoms with Gasteiger partial charge in [-0.05, 0) is 30.2 Å². The number of carbonyl (C=O) groups excluding carboxylic acids is 1. The maximum Gasteiger partial charge on any atom is 0.270 e. The fourth-order valence-corrected chi connectivity index (χ4v) is 3.05. The number of H-pyrrole nitrogens is 1. The molecule has 0 bridgehead atoms. The number of rotatable bonds is 2. The summed E-state index contributed by atoms with van der Waals surface area (Å²) in [6, 6.07) is 7.09. The van der Waals surface area contributed by atoms with Crippen molar-refractivity contribution in [2.75, 3.05) is 6.54 Å². The third-order valence-electron chi connectivity index (χ3n) is 3.73. The van der Waals surface area contributed by atoms with Gasteiger partial charge in [-0.2, -0.15) is 0 Å². The van der Waals surface area contributed by atoms with E-state index in [0.29, 0.717) is 12.0 Å². The number of carbonyl (C=O) groups is 1. The summed E-state index contributed by atoms with van der Waals surface area (Å²) in [5.41, 5.74) is 0.888. The summed E-state index contributed by atoms with van der Waals surface area (Å²) < 4.78 is 13.4. The van der Waals surface area contributed by atoms with Crippen molar-refractivity contribution in [3.63, 3.8) is 0 Å². The molecule has 0 spiro atoms. The standard InChI is InChI=1S/C15H13Cl2FN2O2/c16-11-6-12(19-14(11)17)15(22)20-7-10(21)5-13(20)8-2-1-3-9(18)4-8/h1-4,6,10,13,19,21H,5,7H2/t10-,13-/m1/s1. The van der Waals surface area contributed by atoms with Crippen molar-refractivity contribution in [2.24, 2.45) is 0 Å². The number of nitrogens with zero attached hydrogens (tertiary/aromatic N) is 1. The van der Waals surface area contributed by atoms with Gasteiger partial charge < -0.3 is 15.0 Å². The predicted molar refractivity (Wildman–Crippen MR) is 81.6 cm³/mol. The number of aromatic nitrogens is 1. The number of benzene rings is 1. The number of aliphatic hydroxyl groups is 1. The van der Waals surface area contributed by atoms with Crippen LogP contribution in [0.2, 0.25) is 10.2 Å². The van der Waals surface area contributed by atoms with Crippen LogP contribution in [-0.2, 0) is 0 Å². The highest BCUT2D eigenvalue weighted by atomic mass is 35.5. The Hall–Kier alpha value is -1.56. The van der Waals surface area contributed by atoms with Crippen LogP contribution in [0.1, 0.15) is 28.5 Å². The summed E-state index contributed by atoms with van der Waals surface area (Å²) in [6.07, 6.45) is -0.296. The molecule has 2 atom stereocenters. The first-order valence-electron chi connectivity index (χ1n) is 6.74. The van der Waals surface area contributed by atoms with Crippen LogP contribution in [0.3, 0.4) is 0 Å². The van der Waals surface area contributed by atoms with Crippen molar-refractivity contribution in [1.82, 2.24) is 9.88 Å². The van der Waals surface area contributed by atoms with Gasteiger partial charge in [-0.1, -0.05) is 35.3 Å². The van der Waals surface area contributed by atoms with E-state index in [0.717, 1.165) is 0 Å². The molecule has 0 saturated carbocycles. The second-order valence-electron chi connectivity index (χ2n) is 5.26. The quantitative estimate of drug-likeness (QED) is 0.878. The first kappa shape index (κ1) is 15.3. The molecule has 116 valence electrons. The Bertz CT molecular complexity index is 700. The second-order valence-corrected chi connectivity index (χ2v) is 6.05. The normalized spacial score (nSPS) is 21.4. The molecule has 1 aliphatic rings. The molecule has 1 fully saturated rings. The minimum atomic E-state index is -0.655. The molecule has 1 aromatic heterocycles. The SMILES string of the molecule is O=C(c1cc(Cl)c(Cl)[nH]1)N1C[C@H](O)C[C@@H]1c1cccc(F)c1. The van der Waals surface area contributed by atoms with Crippen LogP contribution in [0.4, 0.5) is 4.39 Å². The lowest BCUT2D eigenvalue weighted by atomic mass is 10.0. The molecule has 1 amide bonds. The number of aromatic amines is 1. The van der Waals surface area contributed by atoms with E-state index in [1.807, 2.05) is 0 Å². The molecule has 7 heteroatoms. The van der Waals surface area contributed by atoms with Crippen molar-refractivity contribution < 1.29 is 14.3 Å². The number of nitrogens with one attached hydrogen (secondary N) is 1. The molecule has 1 aliphatic heterocycles. The van der Waals surface area contributed by atoms with E-state index >= 15 is 0 Å². The number of likely N-dealkylation sites (tertiary alicyclic amines) is 1. The van der Waals surface area contributed by atoms with Gasteiger partial charge in [0.2, 0.25) is 0 Å². The van der Waals surface area contributed by atoms with Gasteiger partial charge in [-0.3, -0.25) is 4.79 Å². The van der Waals surface area contributed by atoms with Crippen molar-refractivity contribution in [3.05, 3.63) is 57.6 Å². The third kappa shape index (κ3) is 2.84. The fourth-order valence-electron chi connectivity index (χ4n) is 2.74. The van der Waals surface area contributed by atoms with Crippen molar-refractivity contribution in [2.45, 2.75) is 18.6 Å². The largest absolute Gasteiger partial charge is 0.391 e. The zero-order valence-corrected chi connectivity index (χ0v) is 12.9. The molecule has 1 aromatic carbocycles. The molecular weight excluding hydrogens is 330 g/mol. The van der Waals surface area contributed by atoms with Crippen LogP contribution < -0.4 is 0 Å². The van der Waals surface area contributed by atoms with Gasteiger partial charge in [0.1, 0.15) is 16.7 Å². The van der Waals surface area contributed by atoms with Crippen LogP contribution >= 0.6 is 23.2 Å². The lowest BCUT2D eigenvalue weighted by Gasteiger charge is -2.24. The van der Waals surface area contributed by atoms with Crippen LogP contribution in [0.15, 0.2) is 30.3 Å². The van der Waals surface area contributed by atoms with Crippen molar-refractivity contribution in [1.29, 1.82) is 0 Å². The van der Waals surface area contributed by atoms with Crippen molar-refractivity contribution >= 4 is 29.1 Å². The summed E-state index contributed by atoms with van der Waals surface area (Å²) in [5, 5.41) is 10.3. The molecule has 0 radical (unpaired) electrons. The molecule has 2 aromatic rings. The number of amides is 1. The van der Waals surface area contributed by atoms with E-state index in [1.165, 1.54) is 23.1 Å². The molecule has 4 nitrogen and oxygen atoms in total. The van der Waals surface area contributed by atoms with E-state index in [4.69, 9.17) is 23.2 Å². The first-order valence-corrected chi connectivity index (χ1v) is 7.50. The van der Waals surface area contributed by atoms with Gasteiger partial charge in [0.15, 0.2) is 0 Å². The van der Waals surface area contributed by atoms with Crippen molar-refractivity contribution in [3.8, 4) is 0 Å². The third-order valence-corrected chi connectivity index (χ3v) is 4.42. The number of hydrogen-bond donors (Lipinski definition) is 2. The Balaban J connectivity index is 1.92. The van der Waals surface area contributed by atoms with Crippen LogP contribution in [-0.4, -0.2) is 33.5 Å². The Labute approximate surface area is 136 Å². The first-order chi connectivity index (χ1) is 10.5. The van der Waals surface area contributed by atoms with E-state index in [1.54, 1.807) is 12.1 Å². The molecule has 2 heterocycles. The molecule has 0 aliphatic carbocycles. The molecular formula is C15H13Cl2FN2O2. The van der Waals surface area contributed by atoms with Gasteiger partial charge in [0.25, 0.3) is 5.91 Å². The van der Waals surface area contributed by atoms with Crippen LogP contribution in [0, 0.1) is 5.82 Å². The Kier molecular flexibility index (Phi) is 4.12. The molecule has 2 N–H and O–H groups in total. The highest BCUT2D eigenvalue weighted by Gasteiger charge is 2.36. The lowest BCUT2D eigenvalue weighted by molar-refractivity contribution is 0.0710. The summed E-state index contributed by atoms with van der Waals surface area (Å²) in [4.78, 5) is 16.8. The summed E-state index contributed by atoms with van der Waals surface area (Å²) in [6.45, 7) is 0.175. The van der Waals surface area contributed by atoms with Gasteiger partial charge in [-0.15, -0.1) is 0 Å². The van der Waals surface area contributed by atoms with E-state index < -0.39 is 6.10 Å². The van der Waals surface area contributed by atoms with Crippen LogP contribution in [0.5, 0.6) is 0 Å². The molecule has 1 saturated heterocycles. The van der Waals surface area contributed by atoms with E-state index in [2.05, 4.69) is 4.98 Å². The lowest BCUT2D eigenvalue weighted by Crippen LogP contribution is -2.32. The maximum atomic E-state index is 13.4. The minimum Gasteiger partial charge on any atom is -0.391 e. The number of aliphatic hydroxyl groups excluding tert-OH is 1. The highest BCUT2D eigenvalue weighted by molar-refractivity contribution is 6.41. The van der Waals surface area contributed by atoms with Gasteiger partial charge in [-0.25, -0.2) is 4.39 Å². The molecule has 22 heavy (non-hydrogen) atoms. The topological polar surface area (TPSA) is 56.3 Å². The fraction of sp³-hybridized carbons (Fsp3) is 0.267. The predicted octanol–water partition coefficient (Wildman–Crippen LogP) is 3.41.